The highest BCUT2D eigenvalue weighted by molar-refractivity contribution is 6.22. The second-order valence-electron chi connectivity index (χ2n) is 11.8. The Morgan fingerprint density at radius 3 is 1.96 bits per heavy atom. The first kappa shape index (κ1) is 28.9. The zero-order chi connectivity index (χ0) is 31.6. The standard InChI is InChI=1S/C44H34N2/c1-29(2)37(21-23-45)33-13-9-16-36(25-33)44-40-18-8-7-17-39(40)43(35-15-10-14-34(26-35)38-22-24-46-28-30(38)3)41-20-19-32(27-42(41)44)31-11-5-4-6-12-31/h4-28,45H,1H2,2-3H3/b37-21+,45-23?. The molecular weight excluding hydrogens is 556 g/mol. The summed E-state index contributed by atoms with van der Waals surface area (Å²) in [5, 5.41) is 12.6. The van der Waals surface area contributed by atoms with E-state index in [0.29, 0.717) is 0 Å². The molecule has 0 unspecified atom stereocenters. The zero-order valence-corrected chi connectivity index (χ0v) is 26.1. The Bertz CT molecular complexity index is 2310. The number of aromatic nitrogens is 1. The van der Waals surface area contributed by atoms with E-state index in [1.807, 2.05) is 25.4 Å². The Hall–Kier alpha value is -5.86. The monoisotopic (exact) mass is 590 g/mol. The van der Waals surface area contributed by atoms with Crippen LogP contribution >= 0.6 is 0 Å². The maximum absolute atomic E-state index is 7.76. The molecule has 0 atom stereocenters. The zero-order valence-electron chi connectivity index (χ0n) is 26.1. The highest BCUT2D eigenvalue weighted by Gasteiger charge is 2.19. The number of nitrogens with one attached hydrogen (secondary N) is 1. The third kappa shape index (κ3) is 5.25. The summed E-state index contributed by atoms with van der Waals surface area (Å²) in [6.45, 7) is 8.31. The van der Waals surface area contributed by atoms with E-state index >= 15 is 0 Å². The van der Waals surface area contributed by atoms with Gasteiger partial charge in [-0.2, -0.15) is 0 Å². The summed E-state index contributed by atoms with van der Waals surface area (Å²) in [6.07, 6.45) is 6.96. The summed E-state index contributed by atoms with van der Waals surface area (Å²) >= 11 is 0. The first-order valence-corrected chi connectivity index (χ1v) is 15.6. The van der Waals surface area contributed by atoms with Crippen LogP contribution in [-0.2, 0) is 0 Å². The molecule has 0 saturated heterocycles. The molecule has 0 fully saturated rings. The van der Waals surface area contributed by atoms with Crippen molar-refractivity contribution in [1.82, 2.24) is 4.98 Å². The molecule has 2 heteroatoms. The molecule has 0 radical (unpaired) electrons. The van der Waals surface area contributed by atoms with Crippen LogP contribution < -0.4 is 0 Å². The van der Waals surface area contributed by atoms with Crippen molar-refractivity contribution in [1.29, 1.82) is 5.41 Å². The smallest absolute Gasteiger partial charge is 0.0303 e. The minimum atomic E-state index is 0.932. The summed E-state index contributed by atoms with van der Waals surface area (Å²) in [6, 6.07) is 45.9. The van der Waals surface area contributed by atoms with Crippen molar-refractivity contribution in [2.75, 3.05) is 0 Å². The summed E-state index contributed by atoms with van der Waals surface area (Å²) in [7, 11) is 0. The normalized spacial score (nSPS) is 11.6. The molecule has 0 aliphatic rings. The fourth-order valence-electron chi connectivity index (χ4n) is 6.66. The highest BCUT2D eigenvalue weighted by atomic mass is 14.6. The lowest BCUT2D eigenvalue weighted by Crippen LogP contribution is -1.93. The van der Waals surface area contributed by atoms with Gasteiger partial charge in [0.1, 0.15) is 0 Å². The number of fused-ring (bicyclic) bond motifs is 2. The molecule has 0 bridgehead atoms. The highest BCUT2D eigenvalue weighted by Crippen LogP contribution is 2.46. The van der Waals surface area contributed by atoms with Gasteiger partial charge in [-0.05, 0) is 127 Å². The van der Waals surface area contributed by atoms with Gasteiger partial charge in [0.2, 0.25) is 0 Å². The topological polar surface area (TPSA) is 36.7 Å². The molecule has 0 saturated carbocycles. The lowest BCUT2D eigenvalue weighted by atomic mass is 9.83. The van der Waals surface area contributed by atoms with Gasteiger partial charge in [-0.1, -0.05) is 115 Å². The number of hydrogen-bond donors (Lipinski definition) is 1. The number of pyridine rings is 1. The lowest BCUT2D eigenvalue weighted by molar-refractivity contribution is 1.27. The number of rotatable bonds is 7. The van der Waals surface area contributed by atoms with Crippen LogP contribution in [-0.4, -0.2) is 11.2 Å². The van der Waals surface area contributed by atoms with E-state index in [-0.39, 0.29) is 0 Å². The summed E-state index contributed by atoms with van der Waals surface area (Å²) < 4.78 is 0. The fraction of sp³-hybridized carbons (Fsp3) is 0.0455. The van der Waals surface area contributed by atoms with Crippen LogP contribution in [0.2, 0.25) is 0 Å². The maximum Gasteiger partial charge on any atom is 0.0303 e. The number of benzene rings is 6. The summed E-state index contributed by atoms with van der Waals surface area (Å²) in [5.41, 5.74) is 13.6. The van der Waals surface area contributed by atoms with Crippen molar-refractivity contribution in [2.45, 2.75) is 13.8 Å². The summed E-state index contributed by atoms with van der Waals surface area (Å²) in [5.74, 6) is 0. The van der Waals surface area contributed by atoms with E-state index in [1.165, 1.54) is 66.7 Å². The third-order valence-electron chi connectivity index (χ3n) is 8.79. The van der Waals surface area contributed by atoms with Crippen LogP contribution in [0.15, 0.2) is 158 Å². The van der Waals surface area contributed by atoms with E-state index in [4.69, 9.17) is 5.41 Å². The molecule has 6 aromatic carbocycles. The Labute approximate surface area is 270 Å². The molecule has 7 rings (SSSR count). The molecule has 1 heterocycles. The van der Waals surface area contributed by atoms with E-state index < -0.39 is 0 Å². The molecule has 1 aromatic heterocycles. The van der Waals surface area contributed by atoms with Gasteiger partial charge in [0, 0.05) is 18.6 Å². The second kappa shape index (κ2) is 12.3. The molecule has 7 aromatic rings. The molecule has 1 N–H and O–H groups in total. The van der Waals surface area contributed by atoms with Crippen LogP contribution in [0.1, 0.15) is 18.1 Å². The van der Waals surface area contributed by atoms with Crippen molar-refractivity contribution in [3.63, 3.8) is 0 Å². The molecule has 0 spiro atoms. The maximum atomic E-state index is 7.76. The average molecular weight is 591 g/mol. The summed E-state index contributed by atoms with van der Waals surface area (Å²) in [4.78, 5) is 4.32. The molecule has 220 valence electrons. The van der Waals surface area contributed by atoms with Gasteiger partial charge in [0.25, 0.3) is 0 Å². The number of nitrogens with zero attached hydrogens (tertiary/aromatic N) is 1. The first-order valence-electron chi connectivity index (χ1n) is 15.6. The largest absolute Gasteiger partial charge is 0.309 e. The number of hydrogen-bond acceptors (Lipinski definition) is 2. The van der Waals surface area contributed by atoms with Gasteiger partial charge in [0.15, 0.2) is 0 Å². The molecule has 2 nitrogen and oxygen atoms in total. The van der Waals surface area contributed by atoms with Crippen LogP contribution in [0.25, 0.3) is 71.6 Å². The molecule has 0 amide bonds. The SMILES string of the molecule is C=C(C)/C(=C\C=N)c1cccc(-c2c3ccccc3c(-c3cccc(-c4ccncc4C)c3)c3ccc(-c4ccccc4)cc23)c1. The van der Waals surface area contributed by atoms with Gasteiger partial charge < -0.3 is 5.41 Å². The van der Waals surface area contributed by atoms with E-state index in [0.717, 1.165) is 27.8 Å². The van der Waals surface area contributed by atoms with Gasteiger partial charge >= 0.3 is 0 Å². The molecule has 0 aliphatic carbocycles. The van der Waals surface area contributed by atoms with Crippen molar-refractivity contribution in [3.05, 3.63) is 169 Å². The third-order valence-corrected chi connectivity index (χ3v) is 8.79. The van der Waals surface area contributed by atoms with Crippen molar-refractivity contribution in [3.8, 4) is 44.5 Å². The first-order chi connectivity index (χ1) is 22.5. The van der Waals surface area contributed by atoms with Crippen LogP contribution in [0, 0.1) is 12.3 Å². The Kier molecular flexibility index (Phi) is 7.70. The van der Waals surface area contributed by atoms with Gasteiger partial charge in [-0.15, -0.1) is 0 Å². The fourth-order valence-corrected chi connectivity index (χ4v) is 6.66. The molecule has 0 aliphatic heterocycles. The Morgan fingerprint density at radius 1 is 0.609 bits per heavy atom. The van der Waals surface area contributed by atoms with Gasteiger partial charge in [-0.25, -0.2) is 0 Å². The van der Waals surface area contributed by atoms with Crippen LogP contribution in [0.3, 0.4) is 0 Å². The molecule has 46 heavy (non-hydrogen) atoms. The number of allylic oxidation sites excluding steroid dienone is 3. The lowest BCUT2D eigenvalue weighted by Gasteiger charge is -2.20. The van der Waals surface area contributed by atoms with Crippen molar-refractivity contribution in [2.24, 2.45) is 0 Å². The van der Waals surface area contributed by atoms with Crippen molar-refractivity contribution >= 4 is 33.3 Å². The van der Waals surface area contributed by atoms with E-state index in [1.54, 1.807) is 0 Å². The second-order valence-corrected chi connectivity index (χ2v) is 11.8. The van der Waals surface area contributed by atoms with E-state index in [9.17, 15) is 0 Å². The predicted octanol–water partition coefficient (Wildman–Crippen LogP) is 12.0. The van der Waals surface area contributed by atoms with Crippen LogP contribution in [0.5, 0.6) is 0 Å². The molecular formula is C44H34N2. The Morgan fingerprint density at radius 2 is 1.24 bits per heavy atom. The van der Waals surface area contributed by atoms with Gasteiger partial charge in [-0.3, -0.25) is 4.98 Å². The van der Waals surface area contributed by atoms with E-state index in [2.05, 4.69) is 146 Å². The average Bonchev–Trinajstić information content (AvgIpc) is 3.09. The number of aryl methyl sites for hydroxylation is 1. The van der Waals surface area contributed by atoms with Crippen LogP contribution in [0.4, 0.5) is 0 Å². The minimum absolute atomic E-state index is 0.932. The Balaban J connectivity index is 1.57. The van der Waals surface area contributed by atoms with Crippen molar-refractivity contribution < 1.29 is 0 Å². The quantitative estimate of drug-likeness (QED) is 0.112. The predicted molar refractivity (Wildman–Crippen MR) is 197 cm³/mol. The minimum Gasteiger partial charge on any atom is -0.309 e. The van der Waals surface area contributed by atoms with Gasteiger partial charge in [0.05, 0.1) is 0 Å².